The lowest BCUT2D eigenvalue weighted by Gasteiger charge is -2.24. The van der Waals surface area contributed by atoms with Crippen LogP contribution in [0.2, 0.25) is 0 Å². The van der Waals surface area contributed by atoms with Crippen LogP contribution in [0.1, 0.15) is 16.7 Å². The number of hydrogen-bond donors (Lipinski definition) is 1. The molecule has 0 aromatic heterocycles. The fourth-order valence-electron chi connectivity index (χ4n) is 3.92. The number of carbonyl (C=O) groups is 1. The highest BCUT2D eigenvalue weighted by Gasteiger charge is 2.36. The average Bonchev–Trinajstić information content (AvgIpc) is 3.04. The molecule has 0 fully saturated rings. The average molecular weight is 404 g/mol. The molecule has 0 saturated heterocycles. The Balaban J connectivity index is 1.56. The lowest BCUT2D eigenvalue weighted by molar-refractivity contribution is -0.112. The topological polar surface area (TPSA) is 71.4 Å². The van der Waals surface area contributed by atoms with E-state index in [1.165, 1.54) is 17.0 Å². The second kappa shape index (κ2) is 7.27. The summed E-state index contributed by atoms with van der Waals surface area (Å²) in [7, 11) is 0. The van der Waals surface area contributed by atoms with Gasteiger partial charge in [0.15, 0.2) is 12.5 Å². The molecule has 0 aliphatic carbocycles. The van der Waals surface area contributed by atoms with Crippen LogP contribution < -0.4 is 9.64 Å². The Kier molecular flexibility index (Phi) is 4.44. The van der Waals surface area contributed by atoms with Gasteiger partial charge in [0.05, 0.1) is 18.8 Å². The molecule has 30 heavy (non-hydrogen) atoms. The zero-order valence-corrected chi connectivity index (χ0v) is 15.8. The number of carbonyl (C=O) groups excluding carboxylic acids is 1. The van der Waals surface area contributed by atoms with Crippen LogP contribution in [0.3, 0.4) is 0 Å². The number of rotatable bonds is 3. The van der Waals surface area contributed by atoms with Crippen molar-refractivity contribution >= 4 is 17.3 Å². The minimum Gasteiger partial charge on any atom is -0.467 e. The fourth-order valence-corrected chi connectivity index (χ4v) is 3.92. The summed E-state index contributed by atoms with van der Waals surface area (Å²) in [5, 5.41) is 12.7. The summed E-state index contributed by atoms with van der Waals surface area (Å²) in [5.74, 6) is -0.365. The van der Waals surface area contributed by atoms with E-state index in [2.05, 4.69) is 5.16 Å². The number of benzene rings is 3. The normalized spacial score (nSPS) is 16.4. The molecule has 5 rings (SSSR count). The van der Waals surface area contributed by atoms with Gasteiger partial charge >= 0.3 is 0 Å². The van der Waals surface area contributed by atoms with Crippen LogP contribution in [0.5, 0.6) is 5.75 Å². The molecule has 2 aliphatic rings. The first-order valence-corrected chi connectivity index (χ1v) is 9.41. The molecule has 150 valence electrons. The molecule has 7 heteroatoms. The van der Waals surface area contributed by atoms with Gasteiger partial charge in [0.2, 0.25) is 0 Å². The van der Waals surface area contributed by atoms with Crippen LogP contribution in [0, 0.1) is 5.82 Å². The van der Waals surface area contributed by atoms with E-state index in [0.717, 1.165) is 11.1 Å². The van der Waals surface area contributed by atoms with E-state index in [4.69, 9.17) is 9.47 Å². The van der Waals surface area contributed by atoms with Crippen LogP contribution in [0.4, 0.5) is 10.1 Å². The van der Waals surface area contributed by atoms with Gasteiger partial charge in [-0.1, -0.05) is 41.6 Å². The predicted molar refractivity (Wildman–Crippen MR) is 108 cm³/mol. The van der Waals surface area contributed by atoms with Crippen LogP contribution in [-0.2, 0) is 22.7 Å². The third-order valence-electron chi connectivity index (χ3n) is 5.28. The van der Waals surface area contributed by atoms with Crippen molar-refractivity contribution in [2.45, 2.75) is 13.2 Å². The Morgan fingerprint density at radius 3 is 2.70 bits per heavy atom. The number of amides is 1. The maximum absolute atomic E-state index is 14.1. The molecule has 0 radical (unpaired) electrons. The first-order valence-electron chi connectivity index (χ1n) is 9.41. The van der Waals surface area contributed by atoms with Gasteiger partial charge < -0.3 is 19.6 Å². The van der Waals surface area contributed by atoms with Gasteiger partial charge in [-0.2, -0.15) is 0 Å². The molecule has 0 spiro atoms. The van der Waals surface area contributed by atoms with Crippen LogP contribution in [0.15, 0.2) is 65.8 Å². The van der Waals surface area contributed by atoms with Crippen molar-refractivity contribution in [3.05, 3.63) is 83.2 Å². The number of fused-ring (bicyclic) bond motifs is 2. The minimum absolute atomic E-state index is 0.0442. The quantitative estimate of drug-likeness (QED) is 0.527. The van der Waals surface area contributed by atoms with Crippen molar-refractivity contribution in [2.24, 2.45) is 5.16 Å². The summed E-state index contributed by atoms with van der Waals surface area (Å²) in [6.45, 7) is 0.393. The Hall–Kier alpha value is -3.71. The second-order valence-electron chi connectivity index (χ2n) is 7.10. The molecule has 3 aromatic carbocycles. The van der Waals surface area contributed by atoms with Crippen molar-refractivity contribution in [1.29, 1.82) is 0 Å². The number of anilines is 1. The molecule has 6 nitrogen and oxygen atoms in total. The molecule has 0 bridgehead atoms. The van der Waals surface area contributed by atoms with Gasteiger partial charge in [-0.3, -0.25) is 4.79 Å². The van der Waals surface area contributed by atoms with Gasteiger partial charge in [0.25, 0.3) is 5.91 Å². The Bertz CT molecular complexity index is 1180. The molecule has 2 heterocycles. The number of halogens is 1. The molecule has 3 aromatic rings. The molecule has 0 atom stereocenters. The van der Waals surface area contributed by atoms with Crippen molar-refractivity contribution in [1.82, 2.24) is 0 Å². The Morgan fingerprint density at radius 1 is 1.07 bits per heavy atom. The SMILES string of the molecule is O=C1/C(=N\O)c2cc(-c3ccccc3)ccc2N1Cc1cc(F)cc2c1OCOC2. The van der Waals surface area contributed by atoms with E-state index in [0.29, 0.717) is 28.1 Å². The maximum Gasteiger partial charge on any atom is 0.281 e. The van der Waals surface area contributed by atoms with E-state index in [9.17, 15) is 14.4 Å². The summed E-state index contributed by atoms with van der Waals surface area (Å²) in [4.78, 5) is 14.4. The highest BCUT2D eigenvalue weighted by atomic mass is 19.1. The number of nitrogens with zero attached hydrogens (tertiary/aromatic N) is 2. The highest BCUT2D eigenvalue weighted by molar-refractivity contribution is 6.54. The van der Waals surface area contributed by atoms with Crippen molar-refractivity contribution < 1.29 is 23.9 Å². The van der Waals surface area contributed by atoms with Crippen molar-refractivity contribution in [3.63, 3.8) is 0 Å². The lowest BCUT2D eigenvalue weighted by atomic mass is 10.0. The standard InChI is InChI=1S/C23H17FN2O4/c24-18-8-16(22-17(9-18)12-29-13-30-22)11-26-20-7-6-15(14-4-2-1-3-5-14)10-19(20)21(25-28)23(26)27/h1-10,28H,11-13H2/b25-21-. The highest BCUT2D eigenvalue weighted by Crippen LogP contribution is 2.37. The maximum atomic E-state index is 14.1. The van der Waals surface area contributed by atoms with Crippen LogP contribution in [0.25, 0.3) is 11.1 Å². The molecule has 2 aliphatic heterocycles. The molecule has 1 N–H and O–H groups in total. The molecule has 1 amide bonds. The third kappa shape index (κ3) is 3.00. The third-order valence-corrected chi connectivity index (χ3v) is 5.28. The van der Waals surface area contributed by atoms with E-state index >= 15 is 0 Å². The monoisotopic (exact) mass is 404 g/mol. The van der Waals surface area contributed by atoms with E-state index in [1.807, 2.05) is 48.5 Å². The summed E-state index contributed by atoms with van der Waals surface area (Å²) < 4.78 is 24.9. The minimum atomic E-state index is -0.456. The first kappa shape index (κ1) is 18.3. The van der Waals surface area contributed by atoms with Crippen molar-refractivity contribution in [3.8, 4) is 16.9 Å². The number of ether oxygens (including phenoxy) is 2. The summed E-state index contributed by atoms with van der Waals surface area (Å²) >= 11 is 0. The van der Waals surface area contributed by atoms with Gasteiger partial charge in [-0.25, -0.2) is 4.39 Å². The second-order valence-corrected chi connectivity index (χ2v) is 7.10. The van der Waals surface area contributed by atoms with Gasteiger partial charge in [0, 0.05) is 16.7 Å². The number of hydrogen-bond acceptors (Lipinski definition) is 5. The molecular weight excluding hydrogens is 387 g/mol. The van der Waals surface area contributed by atoms with Crippen LogP contribution in [-0.4, -0.2) is 23.6 Å². The molecule has 0 saturated carbocycles. The van der Waals surface area contributed by atoms with E-state index in [-0.39, 0.29) is 25.7 Å². The number of oxime groups is 1. The Labute approximate surface area is 171 Å². The smallest absolute Gasteiger partial charge is 0.281 e. The predicted octanol–water partition coefficient (Wildman–Crippen LogP) is 4.08. The molecular formula is C23H17FN2O4. The summed E-state index contributed by atoms with van der Waals surface area (Å²) in [6.07, 6.45) is 0. The molecule has 0 unspecified atom stereocenters. The zero-order valence-electron chi connectivity index (χ0n) is 15.8. The van der Waals surface area contributed by atoms with Gasteiger partial charge in [0.1, 0.15) is 11.6 Å². The largest absolute Gasteiger partial charge is 0.467 e. The van der Waals surface area contributed by atoms with E-state index < -0.39 is 11.7 Å². The van der Waals surface area contributed by atoms with Crippen LogP contribution >= 0.6 is 0 Å². The Morgan fingerprint density at radius 2 is 1.90 bits per heavy atom. The van der Waals surface area contributed by atoms with Crippen molar-refractivity contribution in [2.75, 3.05) is 11.7 Å². The van der Waals surface area contributed by atoms with E-state index in [1.54, 1.807) is 0 Å². The van der Waals surface area contributed by atoms with Gasteiger partial charge in [-0.15, -0.1) is 0 Å². The summed E-state index contributed by atoms with van der Waals surface area (Å²) in [5.41, 5.74) is 4.08. The summed E-state index contributed by atoms with van der Waals surface area (Å²) in [6, 6.07) is 18.0. The van der Waals surface area contributed by atoms with Gasteiger partial charge in [-0.05, 0) is 35.4 Å². The fraction of sp³-hybridized carbons (Fsp3) is 0.130. The lowest BCUT2D eigenvalue weighted by Crippen LogP contribution is -2.30. The first-order chi connectivity index (χ1) is 14.7. The zero-order chi connectivity index (χ0) is 20.7.